The summed E-state index contributed by atoms with van der Waals surface area (Å²) < 4.78 is 6.19. The molecule has 1 heterocycles. The number of ether oxygens (including phenoxy) is 1. The molecule has 0 saturated heterocycles. The molecular formula is C14H16IN5O2. The molecule has 0 fully saturated rings. The monoisotopic (exact) mass is 413 g/mol. The van der Waals surface area contributed by atoms with Crippen molar-refractivity contribution in [1.82, 2.24) is 25.7 Å². The molecule has 1 amide bonds. The summed E-state index contributed by atoms with van der Waals surface area (Å²) in [5, 5.41) is 18.0. The van der Waals surface area contributed by atoms with Crippen LogP contribution < -0.4 is 5.32 Å². The number of hydrogen-bond donors (Lipinski definition) is 1. The van der Waals surface area contributed by atoms with Crippen LogP contribution in [-0.2, 0) is 11.3 Å². The molecule has 0 bridgehead atoms. The maximum absolute atomic E-state index is 11.7. The summed E-state index contributed by atoms with van der Waals surface area (Å²) in [4.78, 5) is 11.7. The van der Waals surface area contributed by atoms with Crippen LogP contribution in [-0.4, -0.2) is 32.1 Å². The highest BCUT2D eigenvalue weighted by molar-refractivity contribution is 14.1. The first-order valence-electron chi connectivity index (χ1n) is 6.61. The molecule has 22 heavy (non-hydrogen) atoms. The number of nitrogens with one attached hydrogen (secondary N) is 1. The van der Waals surface area contributed by atoms with Crippen molar-refractivity contribution in [3.63, 3.8) is 0 Å². The highest BCUT2D eigenvalue weighted by Gasteiger charge is 2.16. The van der Waals surface area contributed by atoms with Crippen molar-refractivity contribution >= 4 is 28.7 Å². The van der Waals surface area contributed by atoms with Crippen LogP contribution in [0.15, 0.2) is 24.5 Å². The zero-order chi connectivity index (χ0) is 16.2. The first kappa shape index (κ1) is 16.5. The van der Waals surface area contributed by atoms with Gasteiger partial charge in [0.15, 0.2) is 6.33 Å². The maximum atomic E-state index is 11.7. The predicted molar refractivity (Wildman–Crippen MR) is 88.8 cm³/mol. The zero-order valence-corrected chi connectivity index (χ0v) is 14.7. The fraction of sp³-hybridized carbons (Fsp3) is 0.357. The van der Waals surface area contributed by atoms with E-state index in [0.29, 0.717) is 12.4 Å². The van der Waals surface area contributed by atoms with E-state index >= 15 is 0 Å². The smallest absolute Gasteiger partial charge is 0.407 e. The number of alkyl carbamates (subject to hydrolysis) is 1. The Morgan fingerprint density at radius 2 is 1.95 bits per heavy atom. The van der Waals surface area contributed by atoms with E-state index in [9.17, 15) is 4.79 Å². The Balaban J connectivity index is 2.03. The fourth-order valence-electron chi connectivity index (χ4n) is 1.63. The van der Waals surface area contributed by atoms with Crippen molar-refractivity contribution < 1.29 is 9.53 Å². The number of amides is 1. The Bertz CT molecular complexity index is 658. The van der Waals surface area contributed by atoms with Gasteiger partial charge in [0.05, 0.1) is 0 Å². The number of hydrogen-bond acceptors (Lipinski definition) is 6. The standard InChI is InChI=1S/C14H16IN5O2/c1-14(2,3)22-13(21)16-7-10-5-4-9(6-11(10)15)12-19-17-8-18-20-12/h4-6,8H,7H2,1-3H3,(H,16,21). The molecule has 0 unspecified atom stereocenters. The summed E-state index contributed by atoms with van der Waals surface area (Å²) in [6.07, 6.45) is 0.848. The molecule has 1 aromatic carbocycles. The van der Waals surface area contributed by atoms with Crippen LogP contribution >= 0.6 is 22.6 Å². The van der Waals surface area contributed by atoms with E-state index in [1.807, 2.05) is 39.0 Å². The van der Waals surface area contributed by atoms with Crippen molar-refractivity contribution in [2.75, 3.05) is 0 Å². The van der Waals surface area contributed by atoms with Gasteiger partial charge in [-0.15, -0.1) is 20.4 Å². The molecule has 0 atom stereocenters. The molecule has 2 rings (SSSR count). The normalized spacial score (nSPS) is 11.1. The average molecular weight is 413 g/mol. The SMILES string of the molecule is CC(C)(C)OC(=O)NCc1ccc(-c2nncnn2)cc1I. The van der Waals surface area contributed by atoms with Crippen molar-refractivity contribution in [2.24, 2.45) is 0 Å². The van der Waals surface area contributed by atoms with Gasteiger partial charge in [0.25, 0.3) is 0 Å². The zero-order valence-electron chi connectivity index (χ0n) is 12.5. The van der Waals surface area contributed by atoms with E-state index in [0.717, 1.165) is 14.7 Å². The minimum Gasteiger partial charge on any atom is -0.444 e. The Morgan fingerprint density at radius 3 is 2.55 bits per heavy atom. The molecule has 116 valence electrons. The number of rotatable bonds is 3. The van der Waals surface area contributed by atoms with Gasteiger partial charge in [0.1, 0.15) is 5.60 Å². The van der Waals surface area contributed by atoms with E-state index in [-0.39, 0.29) is 0 Å². The van der Waals surface area contributed by atoms with Gasteiger partial charge in [-0.2, -0.15) is 0 Å². The quantitative estimate of drug-likeness (QED) is 0.779. The highest BCUT2D eigenvalue weighted by Crippen LogP contribution is 2.20. The van der Waals surface area contributed by atoms with Gasteiger partial charge >= 0.3 is 6.09 Å². The van der Waals surface area contributed by atoms with Crippen molar-refractivity contribution in [1.29, 1.82) is 0 Å². The highest BCUT2D eigenvalue weighted by atomic mass is 127. The van der Waals surface area contributed by atoms with Crippen LogP contribution in [0.2, 0.25) is 0 Å². The summed E-state index contributed by atoms with van der Waals surface area (Å²) in [6.45, 7) is 5.87. The van der Waals surface area contributed by atoms with Crippen LogP contribution in [0.5, 0.6) is 0 Å². The fourth-order valence-corrected chi connectivity index (χ4v) is 2.34. The van der Waals surface area contributed by atoms with E-state index in [4.69, 9.17) is 4.74 Å². The molecule has 0 saturated carbocycles. The van der Waals surface area contributed by atoms with Crippen molar-refractivity contribution in [3.05, 3.63) is 33.7 Å². The molecular weight excluding hydrogens is 397 g/mol. The van der Waals surface area contributed by atoms with E-state index in [2.05, 4.69) is 48.3 Å². The number of nitrogens with zero attached hydrogens (tertiary/aromatic N) is 4. The lowest BCUT2D eigenvalue weighted by molar-refractivity contribution is 0.0523. The van der Waals surface area contributed by atoms with Crippen LogP contribution in [0.1, 0.15) is 26.3 Å². The maximum Gasteiger partial charge on any atom is 0.407 e. The second-order valence-corrected chi connectivity index (χ2v) is 6.69. The van der Waals surface area contributed by atoms with Gasteiger partial charge in [-0.3, -0.25) is 0 Å². The molecule has 0 aliphatic rings. The third-order valence-electron chi connectivity index (χ3n) is 2.54. The lowest BCUT2D eigenvalue weighted by atomic mass is 10.1. The summed E-state index contributed by atoms with van der Waals surface area (Å²) >= 11 is 2.20. The number of carbonyl (C=O) groups excluding carboxylic acids is 1. The summed E-state index contributed by atoms with van der Waals surface area (Å²) in [7, 11) is 0. The van der Waals surface area contributed by atoms with Gasteiger partial charge in [-0.1, -0.05) is 12.1 Å². The van der Waals surface area contributed by atoms with E-state index in [1.54, 1.807) is 0 Å². The molecule has 1 N–H and O–H groups in total. The third-order valence-corrected chi connectivity index (χ3v) is 3.55. The topological polar surface area (TPSA) is 89.9 Å². The minimum atomic E-state index is -0.508. The Morgan fingerprint density at radius 1 is 1.27 bits per heavy atom. The molecule has 0 aliphatic heterocycles. The molecule has 0 spiro atoms. The molecule has 8 heteroatoms. The van der Waals surface area contributed by atoms with Gasteiger partial charge in [0, 0.05) is 15.7 Å². The Kier molecular flexibility index (Phi) is 5.22. The van der Waals surface area contributed by atoms with Crippen molar-refractivity contribution in [3.8, 4) is 11.4 Å². The summed E-state index contributed by atoms with van der Waals surface area (Å²) in [5.74, 6) is 0.465. The third kappa shape index (κ3) is 4.86. The largest absolute Gasteiger partial charge is 0.444 e. The number of halogens is 1. The number of aromatic nitrogens is 4. The second kappa shape index (κ2) is 6.95. The lowest BCUT2D eigenvalue weighted by Gasteiger charge is -2.19. The summed E-state index contributed by atoms with van der Waals surface area (Å²) in [6, 6.07) is 5.70. The van der Waals surface area contributed by atoms with Gasteiger partial charge in [0.2, 0.25) is 5.82 Å². The van der Waals surface area contributed by atoms with Crippen LogP contribution in [0.25, 0.3) is 11.4 Å². The first-order chi connectivity index (χ1) is 10.3. The Labute approximate surface area is 142 Å². The molecule has 2 aromatic rings. The summed E-state index contributed by atoms with van der Waals surface area (Å²) in [5.41, 5.74) is 1.30. The second-order valence-electron chi connectivity index (χ2n) is 5.53. The van der Waals surface area contributed by atoms with E-state index < -0.39 is 11.7 Å². The van der Waals surface area contributed by atoms with E-state index in [1.165, 1.54) is 6.33 Å². The van der Waals surface area contributed by atoms with Gasteiger partial charge in [-0.05, 0) is 55.0 Å². The van der Waals surface area contributed by atoms with Gasteiger partial charge < -0.3 is 10.1 Å². The van der Waals surface area contributed by atoms with Crippen LogP contribution in [0, 0.1) is 3.57 Å². The number of benzene rings is 1. The predicted octanol–water partition coefficient (Wildman–Crippen LogP) is 2.56. The van der Waals surface area contributed by atoms with Gasteiger partial charge in [-0.25, -0.2) is 4.79 Å². The Hall–Kier alpha value is -1.84. The van der Waals surface area contributed by atoms with Crippen molar-refractivity contribution in [2.45, 2.75) is 32.9 Å². The molecule has 1 aromatic heterocycles. The molecule has 0 aliphatic carbocycles. The minimum absolute atomic E-state index is 0.389. The van der Waals surface area contributed by atoms with Crippen LogP contribution in [0.4, 0.5) is 4.79 Å². The molecule has 7 nitrogen and oxygen atoms in total. The van der Waals surface area contributed by atoms with Crippen LogP contribution in [0.3, 0.4) is 0 Å². The molecule has 0 radical (unpaired) electrons. The number of carbonyl (C=O) groups is 1. The lowest BCUT2D eigenvalue weighted by Crippen LogP contribution is -2.32. The first-order valence-corrected chi connectivity index (χ1v) is 7.69. The average Bonchev–Trinajstić information content (AvgIpc) is 2.45.